The fourth-order valence-corrected chi connectivity index (χ4v) is 7.35. The average molecular weight is 604 g/mol. The number of benzene rings is 2. The first-order chi connectivity index (χ1) is 20.5. The summed E-state index contributed by atoms with van der Waals surface area (Å²) < 4.78 is 0. The minimum absolute atomic E-state index is 0.0307. The molecule has 2 fully saturated rings. The second-order valence-corrected chi connectivity index (χ2v) is 13.4. The predicted octanol–water partition coefficient (Wildman–Crippen LogP) is 1.09. The molecular weight excluding hydrogens is 566 g/mol. The van der Waals surface area contributed by atoms with E-state index < -0.39 is 69.8 Å². The number of ketones is 4. The number of likely N-dealkylation sites (N-methyl/N-ethyl adjacent to an activating group) is 1. The Labute approximate surface area is 254 Å². The molecule has 232 valence electrons. The third-order valence-corrected chi connectivity index (χ3v) is 9.44. The zero-order chi connectivity index (χ0) is 32.5. The van der Waals surface area contributed by atoms with Gasteiger partial charge in [-0.25, -0.2) is 0 Å². The Balaban J connectivity index is 1.62. The van der Waals surface area contributed by atoms with Crippen molar-refractivity contribution in [2.45, 2.75) is 57.2 Å². The number of rotatable bonds is 5. The van der Waals surface area contributed by atoms with Crippen molar-refractivity contribution in [1.29, 1.82) is 0 Å². The Morgan fingerprint density at radius 2 is 1.70 bits per heavy atom. The molecule has 11 heteroatoms. The van der Waals surface area contributed by atoms with Crippen molar-refractivity contribution in [1.82, 2.24) is 10.2 Å². The summed E-state index contributed by atoms with van der Waals surface area (Å²) in [6.45, 7) is 5.57. The molecule has 3 aliphatic rings. The van der Waals surface area contributed by atoms with Crippen LogP contribution in [0.2, 0.25) is 0 Å². The number of fused-ring (bicyclic) bond motifs is 3. The van der Waals surface area contributed by atoms with Gasteiger partial charge in [0.25, 0.3) is 5.91 Å². The Morgan fingerprint density at radius 3 is 2.27 bits per heavy atom. The molecule has 11 nitrogen and oxygen atoms in total. The lowest BCUT2D eigenvalue weighted by molar-refractivity contribution is -0.181. The molecule has 0 heterocycles. The van der Waals surface area contributed by atoms with E-state index in [2.05, 4.69) is 5.32 Å². The van der Waals surface area contributed by atoms with Crippen LogP contribution in [-0.4, -0.2) is 75.8 Å². The number of phenolic OH excluding ortho intramolecular Hbond substituents is 1. The molecule has 2 aromatic rings. The maximum absolute atomic E-state index is 14.2. The zero-order valence-corrected chi connectivity index (χ0v) is 25.3. The average Bonchev–Trinajstić information content (AvgIpc) is 2.93. The van der Waals surface area contributed by atoms with Crippen molar-refractivity contribution < 1.29 is 39.0 Å². The molecule has 5 N–H and O–H groups in total. The second kappa shape index (κ2) is 10.7. The Morgan fingerprint density at radius 1 is 1.07 bits per heavy atom. The van der Waals surface area contributed by atoms with E-state index >= 15 is 0 Å². The van der Waals surface area contributed by atoms with Gasteiger partial charge in [0.2, 0.25) is 5.91 Å². The summed E-state index contributed by atoms with van der Waals surface area (Å²) in [5.74, 6) is -11.3. The Kier molecular flexibility index (Phi) is 7.62. The molecule has 0 bridgehead atoms. The fourth-order valence-electron chi connectivity index (χ4n) is 7.35. The van der Waals surface area contributed by atoms with Crippen LogP contribution in [0.1, 0.15) is 64.6 Å². The number of primary amides is 1. The monoisotopic (exact) mass is 603 g/mol. The summed E-state index contributed by atoms with van der Waals surface area (Å²) >= 11 is 0. The highest BCUT2D eigenvalue weighted by atomic mass is 16.3. The van der Waals surface area contributed by atoms with Crippen LogP contribution in [0.4, 0.5) is 0 Å². The number of nitrogens with one attached hydrogen (secondary N) is 1. The Bertz CT molecular complexity index is 1610. The summed E-state index contributed by atoms with van der Waals surface area (Å²) in [5.41, 5.74) is 3.78. The van der Waals surface area contributed by atoms with Crippen LogP contribution in [0, 0.1) is 23.7 Å². The van der Waals surface area contributed by atoms with Crippen LogP contribution in [-0.2, 0) is 37.6 Å². The first-order valence-corrected chi connectivity index (χ1v) is 14.6. The molecule has 5 rings (SSSR count). The molecule has 2 amide bonds. The molecule has 0 spiro atoms. The van der Waals surface area contributed by atoms with Gasteiger partial charge in [-0.15, -0.1) is 0 Å². The number of hydrogen-bond donors (Lipinski definition) is 4. The maximum Gasteiger partial charge on any atom is 0.251 e. The van der Waals surface area contributed by atoms with Crippen LogP contribution in [0.3, 0.4) is 0 Å². The summed E-state index contributed by atoms with van der Waals surface area (Å²) in [4.78, 5) is 81.7. The van der Waals surface area contributed by atoms with Gasteiger partial charge in [-0.1, -0.05) is 39.0 Å². The number of nitrogens with two attached hydrogens (primary N) is 1. The van der Waals surface area contributed by atoms with E-state index in [0.717, 1.165) is 0 Å². The summed E-state index contributed by atoms with van der Waals surface area (Å²) in [7, 11) is 3.07. The standard InChI is InChI=1S/C33H37N3O8/c1-32(2,3)20-13-17(14-35-31(43)15-9-7-6-8-10-15)18-11-16-12-19-24(36(4)5)27(39)23(30(34)42)29(41)33(19,44)28(40)21(16)26(38)22(18)25(20)37/h6-10,13,16,19,21,23-24,37,44H,11-12,14H2,1-5H3,(H2,34,42)(H,35,43)/t16-,19-,21?,23?,24-,33-/m0/s1. The van der Waals surface area contributed by atoms with E-state index in [9.17, 15) is 39.0 Å². The third-order valence-electron chi connectivity index (χ3n) is 9.44. The number of aromatic hydroxyl groups is 1. The van der Waals surface area contributed by atoms with Crippen LogP contribution in [0.25, 0.3) is 0 Å². The number of aliphatic hydroxyl groups is 1. The highest BCUT2D eigenvalue weighted by molar-refractivity contribution is 6.32. The number of carbonyl (C=O) groups excluding carboxylic acids is 6. The van der Waals surface area contributed by atoms with Crippen LogP contribution < -0.4 is 11.1 Å². The van der Waals surface area contributed by atoms with Crippen molar-refractivity contribution >= 4 is 34.9 Å². The minimum atomic E-state index is -2.79. The van der Waals surface area contributed by atoms with Gasteiger partial charge in [-0.2, -0.15) is 0 Å². The van der Waals surface area contributed by atoms with Gasteiger partial charge in [0, 0.05) is 23.6 Å². The molecular formula is C33H37N3O8. The van der Waals surface area contributed by atoms with Crippen LogP contribution in [0.5, 0.6) is 5.75 Å². The third kappa shape index (κ3) is 4.66. The first kappa shape index (κ1) is 31.2. The van der Waals surface area contributed by atoms with Crippen molar-refractivity contribution in [3.05, 3.63) is 64.2 Å². The second-order valence-electron chi connectivity index (χ2n) is 13.4. The van der Waals surface area contributed by atoms with Gasteiger partial charge >= 0.3 is 0 Å². The van der Waals surface area contributed by atoms with Gasteiger partial charge < -0.3 is 21.3 Å². The van der Waals surface area contributed by atoms with Crippen molar-refractivity contribution in [3.63, 3.8) is 0 Å². The van der Waals surface area contributed by atoms with E-state index in [1.165, 1.54) is 19.0 Å². The molecule has 0 radical (unpaired) electrons. The molecule has 3 aliphatic carbocycles. The van der Waals surface area contributed by atoms with Gasteiger partial charge in [0.15, 0.2) is 34.7 Å². The summed E-state index contributed by atoms with van der Waals surface area (Å²) in [6.07, 6.45) is 0.0574. The number of hydrogen-bond acceptors (Lipinski definition) is 9. The summed E-state index contributed by atoms with van der Waals surface area (Å²) in [5, 5.41) is 26.1. The number of phenols is 1. The highest BCUT2D eigenvalue weighted by Crippen LogP contribution is 2.52. The quantitative estimate of drug-likeness (QED) is 0.363. The molecule has 0 aliphatic heterocycles. The van der Waals surface area contributed by atoms with E-state index in [1.807, 2.05) is 20.8 Å². The fraction of sp³-hybridized carbons (Fsp3) is 0.455. The predicted molar refractivity (Wildman–Crippen MR) is 158 cm³/mol. The van der Waals surface area contributed by atoms with Crippen LogP contribution >= 0.6 is 0 Å². The van der Waals surface area contributed by atoms with Gasteiger partial charge in [-0.05, 0) is 67.6 Å². The molecule has 0 saturated heterocycles. The lowest BCUT2D eigenvalue weighted by Gasteiger charge is -2.52. The van der Waals surface area contributed by atoms with Crippen molar-refractivity contribution in [2.24, 2.45) is 29.4 Å². The number of carbonyl (C=O) groups is 6. The molecule has 2 aromatic carbocycles. The minimum Gasteiger partial charge on any atom is -0.507 e. The van der Waals surface area contributed by atoms with Gasteiger partial charge in [0.1, 0.15) is 5.75 Å². The molecule has 0 aromatic heterocycles. The molecule has 2 unspecified atom stereocenters. The normalized spacial score (nSPS) is 28.3. The lowest BCUT2D eigenvalue weighted by atomic mass is 9.52. The number of amides is 2. The van der Waals surface area contributed by atoms with Gasteiger partial charge in [0.05, 0.1) is 17.5 Å². The zero-order valence-electron chi connectivity index (χ0n) is 25.3. The Hall–Kier alpha value is -4.22. The first-order valence-electron chi connectivity index (χ1n) is 14.6. The van der Waals surface area contributed by atoms with Crippen molar-refractivity contribution in [3.8, 4) is 5.75 Å². The topological polar surface area (TPSA) is 184 Å². The van der Waals surface area contributed by atoms with E-state index in [-0.39, 0.29) is 36.6 Å². The molecule has 2 saturated carbocycles. The SMILES string of the molecule is CN(C)[C@@H]1C(=O)C(C(N)=O)C(=O)[C@@]2(O)C(=O)C3C(=O)c4c(O)c(C(C)(C)C)cc(CNC(=O)c5ccccc5)c4C[C@H]3C[C@@H]12. The largest absolute Gasteiger partial charge is 0.507 e. The molecule has 44 heavy (non-hydrogen) atoms. The van der Waals surface area contributed by atoms with Crippen LogP contribution in [0.15, 0.2) is 36.4 Å². The van der Waals surface area contributed by atoms with Gasteiger partial charge in [-0.3, -0.25) is 33.7 Å². The van der Waals surface area contributed by atoms with E-state index in [4.69, 9.17) is 5.73 Å². The number of nitrogens with zero attached hydrogens (tertiary/aromatic N) is 1. The summed E-state index contributed by atoms with van der Waals surface area (Å²) in [6, 6.07) is 9.17. The van der Waals surface area contributed by atoms with E-state index in [0.29, 0.717) is 22.3 Å². The number of Topliss-reactive ketones (excluding diaryl/α,β-unsaturated/α-hetero) is 4. The lowest BCUT2D eigenvalue weighted by Crippen LogP contribution is -2.74. The van der Waals surface area contributed by atoms with Crippen molar-refractivity contribution in [2.75, 3.05) is 14.1 Å². The van der Waals surface area contributed by atoms with E-state index in [1.54, 1.807) is 36.4 Å². The smallest absolute Gasteiger partial charge is 0.251 e. The maximum atomic E-state index is 14.2. The highest BCUT2D eigenvalue weighted by Gasteiger charge is 2.69. The molecule has 6 atom stereocenters.